The molecule has 0 spiro atoms. The van der Waals surface area contributed by atoms with E-state index in [4.69, 9.17) is 4.74 Å². The summed E-state index contributed by atoms with van der Waals surface area (Å²) in [4.78, 5) is 3.39. The van der Waals surface area contributed by atoms with Crippen LogP contribution in [0.2, 0.25) is 0 Å². The minimum absolute atomic E-state index is 0.131. The van der Waals surface area contributed by atoms with Gasteiger partial charge in [0.05, 0.1) is 11.6 Å². The zero-order chi connectivity index (χ0) is 22.7. The topological polar surface area (TPSA) is 77.5 Å². The first-order valence-corrected chi connectivity index (χ1v) is 11.2. The van der Waals surface area contributed by atoms with E-state index in [0.29, 0.717) is 26.1 Å². The summed E-state index contributed by atoms with van der Waals surface area (Å²) >= 11 is 0. The number of fused-ring (bicyclic) bond motifs is 3. The SMILES string of the molecule is CC(C)(C)c1ccc(OCCNCC(O)Cc2ccc(O)c3c2[nH]c2ccccc23)cc1. The molecule has 3 aromatic carbocycles. The number of aliphatic hydroxyl groups is 1. The van der Waals surface area contributed by atoms with Gasteiger partial charge in [0.1, 0.15) is 18.1 Å². The van der Waals surface area contributed by atoms with Gasteiger partial charge in [-0.05, 0) is 40.8 Å². The smallest absolute Gasteiger partial charge is 0.125 e. The highest BCUT2D eigenvalue weighted by atomic mass is 16.5. The van der Waals surface area contributed by atoms with E-state index in [1.54, 1.807) is 6.07 Å². The van der Waals surface area contributed by atoms with Gasteiger partial charge in [0.2, 0.25) is 0 Å². The van der Waals surface area contributed by atoms with Crippen molar-refractivity contribution >= 4 is 21.8 Å². The Bertz CT molecular complexity index is 1190. The number of aliphatic hydroxyl groups excluding tert-OH is 1. The molecule has 4 rings (SSSR count). The average Bonchev–Trinajstić information content (AvgIpc) is 3.16. The summed E-state index contributed by atoms with van der Waals surface area (Å²) in [5.74, 6) is 1.10. The molecule has 0 aliphatic rings. The monoisotopic (exact) mass is 432 g/mol. The molecular formula is C27H32N2O3. The van der Waals surface area contributed by atoms with Crippen molar-refractivity contribution in [1.29, 1.82) is 0 Å². The van der Waals surface area contributed by atoms with Gasteiger partial charge in [-0.25, -0.2) is 0 Å². The van der Waals surface area contributed by atoms with Gasteiger partial charge >= 0.3 is 0 Å². The van der Waals surface area contributed by atoms with Crippen LogP contribution < -0.4 is 10.1 Å². The summed E-state index contributed by atoms with van der Waals surface area (Å²) in [7, 11) is 0. The van der Waals surface area contributed by atoms with Crippen LogP contribution in [0.15, 0.2) is 60.7 Å². The van der Waals surface area contributed by atoms with E-state index in [-0.39, 0.29) is 11.2 Å². The maximum Gasteiger partial charge on any atom is 0.125 e. The van der Waals surface area contributed by atoms with E-state index in [2.05, 4.69) is 43.2 Å². The lowest BCUT2D eigenvalue weighted by Gasteiger charge is -2.19. The van der Waals surface area contributed by atoms with Crippen molar-refractivity contribution in [3.05, 3.63) is 71.8 Å². The normalized spacial score (nSPS) is 13.0. The van der Waals surface area contributed by atoms with Crippen molar-refractivity contribution in [2.75, 3.05) is 19.7 Å². The highest BCUT2D eigenvalue weighted by Crippen LogP contribution is 2.34. The second-order valence-electron chi connectivity index (χ2n) is 9.35. The summed E-state index contributed by atoms with van der Waals surface area (Å²) in [5, 5.41) is 26.0. The van der Waals surface area contributed by atoms with Crippen LogP contribution in [0.5, 0.6) is 11.5 Å². The number of H-pyrrole nitrogens is 1. The third kappa shape index (κ3) is 4.90. The molecule has 32 heavy (non-hydrogen) atoms. The van der Waals surface area contributed by atoms with E-state index in [1.807, 2.05) is 42.5 Å². The molecular weight excluding hydrogens is 400 g/mol. The number of rotatable bonds is 8. The first-order valence-electron chi connectivity index (χ1n) is 11.2. The van der Waals surface area contributed by atoms with Crippen molar-refractivity contribution in [3.8, 4) is 11.5 Å². The fourth-order valence-electron chi connectivity index (χ4n) is 4.05. The van der Waals surface area contributed by atoms with Crippen LogP contribution in [0.4, 0.5) is 0 Å². The van der Waals surface area contributed by atoms with E-state index in [9.17, 15) is 10.2 Å². The Hall–Kier alpha value is -3.02. The van der Waals surface area contributed by atoms with Gasteiger partial charge in [0.25, 0.3) is 0 Å². The summed E-state index contributed by atoms with van der Waals surface area (Å²) in [6.45, 7) is 8.23. The van der Waals surface area contributed by atoms with Crippen LogP contribution in [-0.2, 0) is 11.8 Å². The highest BCUT2D eigenvalue weighted by molar-refractivity contribution is 6.11. The van der Waals surface area contributed by atoms with E-state index < -0.39 is 6.10 Å². The predicted molar refractivity (Wildman–Crippen MR) is 131 cm³/mol. The van der Waals surface area contributed by atoms with Crippen LogP contribution in [0, 0.1) is 0 Å². The molecule has 1 atom stereocenters. The van der Waals surface area contributed by atoms with Crippen LogP contribution in [0.3, 0.4) is 0 Å². The lowest BCUT2D eigenvalue weighted by molar-refractivity contribution is 0.169. The lowest BCUT2D eigenvalue weighted by Crippen LogP contribution is -2.31. The van der Waals surface area contributed by atoms with Crippen molar-refractivity contribution in [2.24, 2.45) is 0 Å². The van der Waals surface area contributed by atoms with Crippen LogP contribution in [-0.4, -0.2) is 41.0 Å². The fourth-order valence-corrected chi connectivity index (χ4v) is 4.05. The summed E-state index contributed by atoms with van der Waals surface area (Å²) in [5.41, 5.74) is 4.26. The predicted octanol–water partition coefficient (Wildman–Crippen LogP) is 4.90. The number of nitrogens with one attached hydrogen (secondary N) is 2. The molecule has 0 fully saturated rings. The second-order valence-corrected chi connectivity index (χ2v) is 9.35. The molecule has 0 aliphatic heterocycles. The van der Waals surface area contributed by atoms with Crippen LogP contribution >= 0.6 is 0 Å². The Morgan fingerprint density at radius 1 is 1.00 bits per heavy atom. The Labute approximate surface area is 189 Å². The number of phenolic OH excluding ortho intramolecular Hbond substituents is 1. The van der Waals surface area contributed by atoms with E-state index in [1.165, 1.54) is 5.56 Å². The quantitative estimate of drug-likeness (QED) is 0.299. The van der Waals surface area contributed by atoms with Crippen molar-refractivity contribution < 1.29 is 14.9 Å². The molecule has 168 valence electrons. The fraction of sp³-hybridized carbons (Fsp3) is 0.333. The molecule has 1 aromatic heterocycles. The lowest BCUT2D eigenvalue weighted by atomic mass is 9.87. The molecule has 0 saturated heterocycles. The summed E-state index contributed by atoms with van der Waals surface area (Å²) < 4.78 is 5.80. The number of benzene rings is 3. The third-order valence-corrected chi connectivity index (χ3v) is 5.83. The number of para-hydroxylation sites is 1. The van der Waals surface area contributed by atoms with E-state index in [0.717, 1.165) is 33.1 Å². The molecule has 1 unspecified atom stereocenters. The van der Waals surface area contributed by atoms with Crippen molar-refractivity contribution in [3.63, 3.8) is 0 Å². The Kier molecular flexibility index (Phi) is 6.40. The second kappa shape index (κ2) is 9.23. The Balaban J connectivity index is 1.29. The maximum absolute atomic E-state index is 10.5. The number of aromatic nitrogens is 1. The van der Waals surface area contributed by atoms with Gasteiger partial charge in [-0.2, -0.15) is 0 Å². The molecule has 0 saturated carbocycles. The molecule has 4 N–H and O–H groups in total. The number of ether oxygens (including phenoxy) is 1. The van der Waals surface area contributed by atoms with Crippen LogP contribution in [0.25, 0.3) is 21.8 Å². The highest BCUT2D eigenvalue weighted by Gasteiger charge is 2.15. The van der Waals surface area contributed by atoms with Gasteiger partial charge in [0, 0.05) is 35.8 Å². The van der Waals surface area contributed by atoms with Gasteiger partial charge in [-0.15, -0.1) is 0 Å². The minimum atomic E-state index is -0.541. The Morgan fingerprint density at radius 2 is 1.75 bits per heavy atom. The average molecular weight is 433 g/mol. The molecule has 1 heterocycles. The first kappa shape index (κ1) is 22.2. The molecule has 5 heteroatoms. The van der Waals surface area contributed by atoms with Crippen molar-refractivity contribution in [2.45, 2.75) is 38.7 Å². The van der Waals surface area contributed by atoms with Gasteiger partial charge in [-0.1, -0.05) is 57.2 Å². The largest absolute Gasteiger partial charge is 0.507 e. The van der Waals surface area contributed by atoms with Crippen LogP contribution in [0.1, 0.15) is 31.9 Å². The summed E-state index contributed by atoms with van der Waals surface area (Å²) in [6, 6.07) is 19.7. The molecule has 0 amide bonds. The number of phenols is 1. The van der Waals surface area contributed by atoms with Gasteiger partial charge in [0.15, 0.2) is 0 Å². The molecule has 4 aromatic rings. The van der Waals surface area contributed by atoms with Gasteiger partial charge < -0.3 is 25.3 Å². The van der Waals surface area contributed by atoms with E-state index >= 15 is 0 Å². The molecule has 0 aliphatic carbocycles. The standard InChI is InChI=1S/C27H32N2O3/c1-27(2,3)19-9-11-21(12-10-19)32-15-14-28-17-20(30)16-18-8-13-24(31)25-22-6-4-5-7-23(22)29-26(18)25/h4-13,20,28-31H,14-17H2,1-3H3. The van der Waals surface area contributed by atoms with Crippen molar-refractivity contribution in [1.82, 2.24) is 10.3 Å². The number of hydrogen-bond acceptors (Lipinski definition) is 4. The third-order valence-electron chi connectivity index (χ3n) is 5.83. The number of aromatic hydroxyl groups is 1. The maximum atomic E-state index is 10.5. The minimum Gasteiger partial charge on any atom is -0.507 e. The zero-order valence-corrected chi connectivity index (χ0v) is 19.0. The number of hydrogen-bond donors (Lipinski definition) is 4. The Morgan fingerprint density at radius 3 is 2.50 bits per heavy atom. The summed E-state index contributed by atoms with van der Waals surface area (Å²) in [6.07, 6.45) is -0.0497. The molecule has 5 nitrogen and oxygen atoms in total. The number of aromatic amines is 1. The zero-order valence-electron chi connectivity index (χ0n) is 19.0. The first-order chi connectivity index (χ1) is 15.3. The van der Waals surface area contributed by atoms with Gasteiger partial charge in [-0.3, -0.25) is 0 Å². The molecule has 0 bridgehead atoms. The molecule has 0 radical (unpaired) electrons.